The van der Waals surface area contributed by atoms with Crippen molar-refractivity contribution in [3.8, 4) is 0 Å². The molecule has 2 nitrogen and oxygen atoms in total. The molecule has 98 valence electrons. The third-order valence-electron chi connectivity index (χ3n) is 3.38. The minimum atomic E-state index is -0.260. The molecule has 0 saturated carbocycles. The van der Waals surface area contributed by atoms with Crippen molar-refractivity contribution < 1.29 is 4.39 Å². The van der Waals surface area contributed by atoms with Crippen LogP contribution >= 0.6 is 23.6 Å². The molecule has 0 saturated heterocycles. The van der Waals surface area contributed by atoms with E-state index in [4.69, 9.17) is 18.0 Å². The van der Waals surface area contributed by atoms with Crippen molar-refractivity contribution in [1.82, 2.24) is 0 Å². The summed E-state index contributed by atoms with van der Waals surface area (Å²) in [6.45, 7) is 1.61. The number of hydrogen-bond acceptors (Lipinski definition) is 3. The average Bonchev–Trinajstić information content (AvgIpc) is 2.85. The Balaban J connectivity index is 1.90. The second kappa shape index (κ2) is 4.90. The maximum absolute atomic E-state index is 14.1. The summed E-state index contributed by atoms with van der Waals surface area (Å²) in [4.78, 5) is 3.70. The van der Waals surface area contributed by atoms with Crippen LogP contribution in [0, 0.1) is 5.82 Å². The molecule has 1 aliphatic heterocycles. The maximum atomic E-state index is 14.1. The number of benzene rings is 1. The zero-order valence-electron chi connectivity index (χ0n) is 10.2. The van der Waals surface area contributed by atoms with Gasteiger partial charge in [0.15, 0.2) is 0 Å². The minimum absolute atomic E-state index is 0.226. The van der Waals surface area contributed by atoms with Gasteiger partial charge in [-0.3, -0.25) is 0 Å². The monoisotopic (exact) mass is 292 g/mol. The number of thiophene rings is 1. The Bertz CT molecular complexity index is 636. The molecule has 1 aromatic heterocycles. The third-order valence-corrected chi connectivity index (χ3v) is 4.64. The van der Waals surface area contributed by atoms with Gasteiger partial charge in [0.1, 0.15) is 10.8 Å². The van der Waals surface area contributed by atoms with Crippen LogP contribution in [0.3, 0.4) is 0 Å². The lowest BCUT2D eigenvalue weighted by molar-refractivity contribution is 0.611. The summed E-state index contributed by atoms with van der Waals surface area (Å²) in [7, 11) is 0. The highest BCUT2D eigenvalue weighted by Crippen LogP contribution is 2.29. The van der Waals surface area contributed by atoms with Crippen molar-refractivity contribution in [2.24, 2.45) is 5.73 Å². The molecule has 5 heteroatoms. The van der Waals surface area contributed by atoms with Crippen molar-refractivity contribution in [2.45, 2.75) is 13.0 Å². The van der Waals surface area contributed by atoms with E-state index in [1.807, 2.05) is 0 Å². The zero-order chi connectivity index (χ0) is 13.4. The fraction of sp³-hybridized carbons (Fsp3) is 0.214. The van der Waals surface area contributed by atoms with Gasteiger partial charge >= 0.3 is 0 Å². The summed E-state index contributed by atoms with van der Waals surface area (Å²) in [6, 6.07) is 7.08. The number of hydrogen-bond donors (Lipinski definition) is 1. The molecule has 0 amide bonds. The van der Waals surface area contributed by atoms with Gasteiger partial charge in [-0.15, -0.1) is 11.3 Å². The molecule has 0 aliphatic carbocycles. The molecule has 2 aromatic rings. The molecular formula is C14H13FN2S2. The van der Waals surface area contributed by atoms with Gasteiger partial charge in [-0.1, -0.05) is 12.2 Å². The lowest BCUT2D eigenvalue weighted by atomic mass is 10.1. The third kappa shape index (κ3) is 2.35. The first kappa shape index (κ1) is 12.6. The van der Waals surface area contributed by atoms with Crippen molar-refractivity contribution in [2.75, 3.05) is 11.4 Å². The van der Waals surface area contributed by atoms with E-state index in [-0.39, 0.29) is 10.8 Å². The number of rotatable bonds is 2. The van der Waals surface area contributed by atoms with Gasteiger partial charge in [0.05, 0.1) is 5.69 Å². The molecule has 19 heavy (non-hydrogen) atoms. The number of fused-ring (bicyclic) bond motifs is 1. The van der Waals surface area contributed by atoms with Crippen LogP contribution in [-0.2, 0) is 13.0 Å². The van der Waals surface area contributed by atoms with E-state index < -0.39 is 0 Å². The van der Waals surface area contributed by atoms with Gasteiger partial charge in [0, 0.05) is 23.5 Å². The first-order valence-electron chi connectivity index (χ1n) is 6.04. The second-order valence-corrected chi connectivity index (χ2v) is 6.01. The average molecular weight is 292 g/mol. The summed E-state index contributed by atoms with van der Waals surface area (Å²) in [5, 5.41) is 2.10. The van der Waals surface area contributed by atoms with Crippen LogP contribution in [0.1, 0.15) is 16.0 Å². The van der Waals surface area contributed by atoms with E-state index >= 15 is 0 Å². The highest BCUT2D eigenvalue weighted by Gasteiger charge is 2.20. The minimum Gasteiger partial charge on any atom is -0.389 e. The smallest absolute Gasteiger partial charge is 0.147 e. The van der Waals surface area contributed by atoms with Crippen LogP contribution < -0.4 is 10.6 Å². The molecule has 3 rings (SSSR count). The summed E-state index contributed by atoms with van der Waals surface area (Å²) < 4.78 is 14.1. The number of thiocarbonyl (C=S) groups is 1. The molecule has 0 unspecified atom stereocenters. The fourth-order valence-electron chi connectivity index (χ4n) is 2.37. The van der Waals surface area contributed by atoms with Crippen LogP contribution in [0.15, 0.2) is 29.6 Å². The molecule has 0 bridgehead atoms. The Kier molecular flexibility index (Phi) is 3.24. The quantitative estimate of drug-likeness (QED) is 0.863. The molecular weight excluding hydrogens is 279 g/mol. The van der Waals surface area contributed by atoms with Crippen LogP contribution in [0.5, 0.6) is 0 Å². The van der Waals surface area contributed by atoms with E-state index in [0.29, 0.717) is 11.3 Å². The molecule has 0 fully saturated rings. The Morgan fingerprint density at radius 3 is 2.95 bits per heavy atom. The van der Waals surface area contributed by atoms with E-state index in [2.05, 4.69) is 16.3 Å². The Morgan fingerprint density at radius 2 is 2.21 bits per heavy atom. The SMILES string of the molecule is NC(=S)c1ccc(N2CCc3sccc3C2)c(F)c1. The van der Waals surface area contributed by atoms with Crippen molar-refractivity contribution in [1.29, 1.82) is 0 Å². The first-order chi connectivity index (χ1) is 9.15. The molecule has 1 aromatic carbocycles. The Hall–Kier alpha value is -1.46. The second-order valence-electron chi connectivity index (χ2n) is 4.57. The zero-order valence-corrected chi connectivity index (χ0v) is 11.9. The van der Waals surface area contributed by atoms with Crippen LogP contribution in [-0.4, -0.2) is 11.5 Å². The largest absolute Gasteiger partial charge is 0.389 e. The van der Waals surface area contributed by atoms with Gasteiger partial charge in [0.25, 0.3) is 0 Å². The summed E-state index contributed by atoms with van der Waals surface area (Å²) >= 11 is 6.64. The predicted octanol–water partition coefficient (Wildman–Crippen LogP) is 3.08. The van der Waals surface area contributed by atoms with E-state index in [0.717, 1.165) is 19.5 Å². The van der Waals surface area contributed by atoms with E-state index in [1.165, 1.54) is 16.5 Å². The molecule has 0 spiro atoms. The Labute approximate surface area is 120 Å². The molecule has 0 radical (unpaired) electrons. The number of nitrogens with zero attached hydrogens (tertiary/aromatic N) is 1. The number of anilines is 1. The molecule has 2 heterocycles. The first-order valence-corrected chi connectivity index (χ1v) is 7.33. The van der Waals surface area contributed by atoms with Gasteiger partial charge in [-0.25, -0.2) is 4.39 Å². The normalized spacial score (nSPS) is 14.3. The number of halogens is 1. The molecule has 0 atom stereocenters. The van der Waals surface area contributed by atoms with E-state index in [1.54, 1.807) is 23.5 Å². The summed E-state index contributed by atoms with van der Waals surface area (Å²) in [5.41, 5.74) is 8.01. The molecule has 1 aliphatic rings. The lowest BCUT2D eigenvalue weighted by Gasteiger charge is -2.29. The standard InChI is InChI=1S/C14H13FN2S2/c15-11-7-9(14(16)18)1-2-12(11)17-5-3-13-10(8-17)4-6-19-13/h1-2,4,6-7H,3,5,8H2,(H2,16,18). The van der Waals surface area contributed by atoms with Crippen LogP contribution in [0.25, 0.3) is 0 Å². The number of nitrogens with two attached hydrogens (primary N) is 1. The van der Waals surface area contributed by atoms with Crippen molar-refractivity contribution in [3.05, 3.63) is 51.5 Å². The van der Waals surface area contributed by atoms with Crippen molar-refractivity contribution in [3.63, 3.8) is 0 Å². The predicted molar refractivity (Wildman–Crippen MR) is 81.4 cm³/mol. The van der Waals surface area contributed by atoms with Crippen LogP contribution in [0.2, 0.25) is 0 Å². The van der Waals surface area contributed by atoms with Gasteiger partial charge < -0.3 is 10.6 Å². The van der Waals surface area contributed by atoms with Gasteiger partial charge in [-0.2, -0.15) is 0 Å². The topological polar surface area (TPSA) is 29.3 Å². The fourth-order valence-corrected chi connectivity index (χ4v) is 3.39. The Morgan fingerprint density at radius 1 is 1.37 bits per heavy atom. The van der Waals surface area contributed by atoms with Crippen molar-refractivity contribution >= 4 is 34.2 Å². The highest BCUT2D eigenvalue weighted by atomic mass is 32.1. The van der Waals surface area contributed by atoms with Gasteiger partial charge in [-0.05, 0) is 41.6 Å². The summed E-state index contributed by atoms with van der Waals surface area (Å²) in [5.74, 6) is -0.260. The van der Waals surface area contributed by atoms with E-state index in [9.17, 15) is 4.39 Å². The lowest BCUT2D eigenvalue weighted by Crippen LogP contribution is -2.30. The maximum Gasteiger partial charge on any atom is 0.147 e. The molecule has 2 N–H and O–H groups in total. The highest BCUT2D eigenvalue weighted by molar-refractivity contribution is 7.80. The van der Waals surface area contributed by atoms with Crippen LogP contribution in [0.4, 0.5) is 10.1 Å². The summed E-state index contributed by atoms with van der Waals surface area (Å²) in [6.07, 6.45) is 0.976. The van der Waals surface area contributed by atoms with Gasteiger partial charge in [0.2, 0.25) is 0 Å².